The average Bonchev–Trinajstić information content (AvgIpc) is 2.36. The molecule has 0 unspecified atom stereocenters. The third-order valence-corrected chi connectivity index (χ3v) is 2.38. The standard InChI is InChI=1S/C14H17NO4/c1-3-19-9-13(16)15-12-6-4-11(8-10(12)2)5-7-14(17)18/h4-8H,3,9H2,1-2H3,(H,15,16)(H,17,18)/b7-5+. The number of carbonyl (C=O) groups excluding carboxylic acids is 1. The molecule has 0 aliphatic rings. The Hall–Kier alpha value is -2.14. The molecule has 0 bridgehead atoms. The summed E-state index contributed by atoms with van der Waals surface area (Å²) < 4.78 is 5.01. The van der Waals surface area contributed by atoms with Gasteiger partial charge in [-0.05, 0) is 43.2 Å². The van der Waals surface area contributed by atoms with E-state index in [9.17, 15) is 9.59 Å². The van der Waals surface area contributed by atoms with Gasteiger partial charge in [-0.3, -0.25) is 4.79 Å². The Morgan fingerprint density at radius 2 is 2.16 bits per heavy atom. The summed E-state index contributed by atoms with van der Waals surface area (Å²) in [4.78, 5) is 21.9. The van der Waals surface area contributed by atoms with Crippen molar-refractivity contribution in [2.24, 2.45) is 0 Å². The predicted octanol–water partition coefficient (Wildman–Crippen LogP) is 2.07. The van der Waals surface area contributed by atoms with Crippen LogP contribution < -0.4 is 5.32 Å². The minimum Gasteiger partial charge on any atom is -0.478 e. The number of aliphatic carboxylic acids is 1. The summed E-state index contributed by atoms with van der Waals surface area (Å²) in [5, 5.41) is 11.3. The van der Waals surface area contributed by atoms with E-state index in [1.807, 2.05) is 13.8 Å². The van der Waals surface area contributed by atoms with Crippen molar-refractivity contribution in [2.75, 3.05) is 18.5 Å². The molecular weight excluding hydrogens is 246 g/mol. The molecule has 0 heterocycles. The second kappa shape index (κ2) is 7.33. The second-order valence-corrected chi connectivity index (χ2v) is 3.93. The van der Waals surface area contributed by atoms with Crippen molar-refractivity contribution in [3.63, 3.8) is 0 Å². The summed E-state index contributed by atoms with van der Waals surface area (Å²) in [5.74, 6) is -1.20. The quantitative estimate of drug-likeness (QED) is 0.770. The normalized spacial score (nSPS) is 10.6. The molecular formula is C14H17NO4. The minimum atomic E-state index is -0.994. The zero-order valence-electron chi connectivity index (χ0n) is 11.0. The fraction of sp³-hybridized carbons (Fsp3) is 0.286. The third kappa shape index (κ3) is 5.35. The van der Waals surface area contributed by atoms with Crippen LogP contribution in [0, 0.1) is 6.92 Å². The van der Waals surface area contributed by atoms with Gasteiger partial charge in [0.05, 0.1) is 0 Å². The average molecular weight is 263 g/mol. The molecule has 1 amide bonds. The number of aryl methyl sites for hydroxylation is 1. The molecule has 0 saturated heterocycles. The lowest BCUT2D eigenvalue weighted by molar-refractivity contribution is -0.131. The lowest BCUT2D eigenvalue weighted by Crippen LogP contribution is -2.18. The highest BCUT2D eigenvalue weighted by molar-refractivity contribution is 5.92. The van der Waals surface area contributed by atoms with Crippen molar-refractivity contribution < 1.29 is 19.4 Å². The molecule has 5 heteroatoms. The van der Waals surface area contributed by atoms with Crippen LogP contribution in [0.3, 0.4) is 0 Å². The molecule has 0 spiro atoms. The summed E-state index contributed by atoms with van der Waals surface area (Å²) in [6, 6.07) is 5.28. The number of amides is 1. The van der Waals surface area contributed by atoms with Crippen LogP contribution in [0.25, 0.3) is 6.08 Å². The molecule has 1 aromatic carbocycles. The van der Waals surface area contributed by atoms with Crippen LogP contribution in [-0.2, 0) is 14.3 Å². The first kappa shape index (κ1) is 14.9. The summed E-state index contributed by atoms with van der Waals surface area (Å²) in [6.45, 7) is 4.18. The molecule has 0 aliphatic carbocycles. The summed E-state index contributed by atoms with van der Waals surface area (Å²) in [6.07, 6.45) is 2.57. The van der Waals surface area contributed by atoms with Crippen LogP contribution in [0.1, 0.15) is 18.1 Å². The van der Waals surface area contributed by atoms with Gasteiger partial charge in [-0.25, -0.2) is 4.79 Å². The number of hydrogen-bond acceptors (Lipinski definition) is 3. The largest absolute Gasteiger partial charge is 0.478 e. The fourth-order valence-electron chi connectivity index (χ4n) is 1.48. The van der Waals surface area contributed by atoms with Crippen LogP contribution in [-0.4, -0.2) is 30.2 Å². The first-order valence-corrected chi connectivity index (χ1v) is 5.92. The van der Waals surface area contributed by atoms with Gasteiger partial charge >= 0.3 is 5.97 Å². The fourth-order valence-corrected chi connectivity index (χ4v) is 1.48. The van der Waals surface area contributed by atoms with Crippen LogP contribution in [0.15, 0.2) is 24.3 Å². The Morgan fingerprint density at radius 1 is 1.42 bits per heavy atom. The van der Waals surface area contributed by atoms with Crippen LogP contribution >= 0.6 is 0 Å². The highest BCUT2D eigenvalue weighted by Crippen LogP contribution is 2.17. The van der Waals surface area contributed by atoms with Gasteiger partial charge in [0.1, 0.15) is 6.61 Å². The summed E-state index contributed by atoms with van der Waals surface area (Å²) in [5.41, 5.74) is 2.32. The van der Waals surface area contributed by atoms with Gasteiger partial charge in [0.25, 0.3) is 0 Å². The summed E-state index contributed by atoms with van der Waals surface area (Å²) in [7, 11) is 0. The SMILES string of the molecule is CCOCC(=O)Nc1ccc(/C=C/C(=O)O)cc1C. The monoisotopic (exact) mass is 263 g/mol. The van der Waals surface area contributed by atoms with E-state index in [4.69, 9.17) is 9.84 Å². The number of carboxylic acid groups (broad SMARTS) is 1. The molecule has 102 valence electrons. The smallest absolute Gasteiger partial charge is 0.328 e. The maximum absolute atomic E-state index is 11.5. The number of ether oxygens (including phenoxy) is 1. The van der Waals surface area contributed by atoms with Gasteiger partial charge in [0, 0.05) is 18.4 Å². The molecule has 2 N–H and O–H groups in total. The van der Waals surface area contributed by atoms with Crippen LogP contribution in [0.2, 0.25) is 0 Å². The van der Waals surface area contributed by atoms with E-state index < -0.39 is 5.97 Å². The molecule has 0 radical (unpaired) electrons. The van der Waals surface area contributed by atoms with Gasteiger partial charge in [-0.15, -0.1) is 0 Å². The first-order chi connectivity index (χ1) is 9.02. The zero-order valence-corrected chi connectivity index (χ0v) is 11.0. The van der Waals surface area contributed by atoms with Crippen LogP contribution in [0.5, 0.6) is 0 Å². The molecule has 0 aromatic heterocycles. The Labute approximate surface area is 111 Å². The van der Waals surface area contributed by atoms with Gasteiger partial charge < -0.3 is 15.2 Å². The van der Waals surface area contributed by atoms with E-state index in [1.54, 1.807) is 18.2 Å². The maximum atomic E-state index is 11.5. The Kier molecular flexibility index (Phi) is 5.75. The highest BCUT2D eigenvalue weighted by atomic mass is 16.5. The van der Waals surface area contributed by atoms with Crippen molar-refractivity contribution in [1.82, 2.24) is 0 Å². The summed E-state index contributed by atoms with van der Waals surface area (Å²) >= 11 is 0. The molecule has 5 nitrogen and oxygen atoms in total. The van der Waals surface area contributed by atoms with E-state index in [0.717, 1.165) is 17.2 Å². The molecule has 0 atom stereocenters. The molecule has 1 rings (SSSR count). The van der Waals surface area contributed by atoms with Crippen molar-refractivity contribution in [3.8, 4) is 0 Å². The molecule has 1 aromatic rings. The zero-order chi connectivity index (χ0) is 14.3. The van der Waals surface area contributed by atoms with Gasteiger partial charge in [0.15, 0.2) is 0 Å². The van der Waals surface area contributed by atoms with Gasteiger partial charge in [0.2, 0.25) is 5.91 Å². The molecule has 19 heavy (non-hydrogen) atoms. The Morgan fingerprint density at radius 3 is 2.74 bits per heavy atom. The van der Waals surface area contributed by atoms with E-state index >= 15 is 0 Å². The van der Waals surface area contributed by atoms with Crippen molar-refractivity contribution in [1.29, 1.82) is 0 Å². The lowest BCUT2D eigenvalue weighted by atomic mass is 10.1. The first-order valence-electron chi connectivity index (χ1n) is 5.92. The lowest BCUT2D eigenvalue weighted by Gasteiger charge is -2.09. The molecule has 0 fully saturated rings. The minimum absolute atomic E-state index is 0.0244. The van der Waals surface area contributed by atoms with Crippen molar-refractivity contribution >= 4 is 23.6 Å². The topological polar surface area (TPSA) is 75.6 Å². The van der Waals surface area contributed by atoms with E-state index in [1.165, 1.54) is 6.08 Å². The second-order valence-electron chi connectivity index (χ2n) is 3.93. The number of anilines is 1. The molecule has 0 saturated carbocycles. The Balaban J connectivity index is 2.72. The number of nitrogens with one attached hydrogen (secondary N) is 1. The number of benzene rings is 1. The maximum Gasteiger partial charge on any atom is 0.328 e. The van der Waals surface area contributed by atoms with Gasteiger partial charge in [-0.1, -0.05) is 6.07 Å². The Bertz CT molecular complexity index is 494. The van der Waals surface area contributed by atoms with Crippen LogP contribution in [0.4, 0.5) is 5.69 Å². The predicted molar refractivity (Wildman–Crippen MR) is 73.0 cm³/mol. The van der Waals surface area contributed by atoms with E-state index in [0.29, 0.717) is 12.3 Å². The van der Waals surface area contributed by atoms with E-state index in [-0.39, 0.29) is 12.5 Å². The number of carbonyl (C=O) groups is 2. The highest BCUT2D eigenvalue weighted by Gasteiger charge is 2.04. The van der Waals surface area contributed by atoms with Gasteiger partial charge in [-0.2, -0.15) is 0 Å². The number of hydrogen-bond donors (Lipinski definition) is 2. The molecule has 0 aliphatic heterocycles. The number of rotatable bonds is 6. The number of carboxylic acids is 1. The van der Waals surface area contributed by atoms with Crippen molar-refractivity contribution in [2.45, 2.75) is 13.8 Å². The third-order valence-electron chi connectivity index (χ3n) is 2.38. The van der Waals surface area contributed by atoms with Crippen molar-refractivity contribution in [3.05, 3.63) is 35.4 Å². The van der Waals surface area contributed by atoms with E-state index in [2.05, 4.69) is 5.32 Å².